The van der Waals surface area contributed by atoms with Gasteiger partial charge in [-0.3, -0.25) is 34.0 Å². The van der Waals surface area contributed by atoms with Crippen LogP contribution in [0.5, 0.6) is 0 Å². The van der Waals surface area contributed by atoms with E-state index in [1.807, 2.05) is 6.26 Å². The summed E-state index contributed by atoms with van der Waals surface area (Å²) in [5.74, 6) is -1.80. The van der Waals surface area contributed by atoms with Gasteiger partial charge in [0.25, 0.3) is 5.56 Å². The van der Waals surface area contributed by atoms with Crippen molar-refractivity contribution in [1.82, 2.24) is 19.1 Å². The number of thioether (sulfide) groups is 1. The van der Waals surface area contributed by atoms with E-state index in [2.05, 4.69) is 15.3 Å². The van der Waals surface area contributed by atoms with Crippen LogP contribution in [-0.2, 0) is 35.1 Å². The highest BCUT2D eigenvalue weighted by Gasteiger charge is 2.53. The molecule has 5 atom stereocenters. The Labute approximate surface area is 208 Å². The van der Waals surface area contributed by atoms with Crippen LogP contribution < -0.4 is 16.6 Å². The van der Waals surface area contributed by atoms with Crippen molar-refractivity contribution in [3.05, 3.63) is 20.8 Å². The summed E-state index contributed by atoms with van der Waals surface area (Å²) in [7, 11) is 0. The molecular weight excluding hydrogens is 501 g/mol. The number of carbonyl (C=O) groups excluding carboxylic acids is 3. The van der Waals surface area contributed by atoms with Crippen molar-refractivity contribution >= 4 is 46.7 Å². The number of alkyl halides is 1. The number of hydrogen-bond donors (Lipinski definition) is 2. The van der Waals surface area contributed by atoms with Gasteiger partial charge in [-0.15, -0.1) is 0 Å². The first kappa shape index (κ1) is 27.4. The van der Waals surface area contributed by atoms with Gasteiger partial charge >= 0.3 is 17.6 Å². The van der Waals surface area contributed by atoms with Crippen LogP contribution in [0.1, 0.15) is 40.3 Å². The number of H-pyrrole nitrogens is 1. The molecule has 13 nitrogen and oxygen atoms in total. The molecule has 0 spiro atoms. The first-order chi connectivity index (χ1) is 17.0. The van der Waals surface area contributed by atoms with Gasteiger partial charge in [0.2, 0.25) is 11.9 Å². The van der Waals surface area contributed by atoms with Gasteiger partial charge < -0.3 is 14.2 Å². The molecule has 36 heavy (non-hydrogen) atoms. The van der Waals surface area contributed by atoms with E-state index in [-0.39, 0.29) is 30.1 Å². The van der Waals surface area contributed by atoms with Crippen molar-refractivity contribution in [2.45, 2.75) is 71.4 Å². The van der Waals surface area contributed by atoms with Crippen molar-refractivity contribution < 1.29 is 33.0 Å². The van der Waals surface area contributed by atoms with Gasteiger partial charge in [0.15, 0.2) is 29.7 Å². The van der Waals surface area contributed by atoms with E-state index in [0.717, 1.165) is 23.0 Å². The van der Waals surface area contributed by atoms with Crippen molar-refractivity contribution in [2.75, 3.05) is 17.3 Å². The molecule has 2 N–H and O–H groups in total. The second-order valence-corrected chi connectivity index (χ2v) is 9.12. The Balaban J connectivity index is 2.24. The Morgan fingerprint density at radius 3 is 2.50 bits per heavy atom. The second kappa shape index (κ2) is 11.2. The summed E-state index contributed by atoms with van der Waals surface area (Å²) in [4.78, 5) is 68.0. The number of nitrogens with zero attached hydrogens (tertiary/aromatic N) is 3. The Morgan fingerprint density at radius 2 is 1.94 bits per heavy atom. The maximum absolute atomic E-state index is 15.6. The lowest BCUT2D eigenvalue weighted by molar-refractivity contribution is -0.159. The highest BCUT2D eigenvalue weighted by molar-refractivity contribution is 7.98. The molecule has 0 radical (unpaired) electrons. The molecule has 1 aliphatic rings. The molecule has 0 aromatic carbocycles. The smallest absolute Gasteiger partial charge is 0.332 e. The summed E-state index contributed by atoms with van der Waals surface area (Å²) in [6.45, 7) is 5.21. The second-order valence-electron chi connectivity index (χ2n) is 8.13. The number of carbonyl (C=O) groups is 3. The van der Waals surface area contributed by atoms with E-state index < -0.39 is 59.8 Å². The summed E-state index contributed by atoms with van der Waals surface area (Å²) in [6, 6.07) is 0. The van der Waals surface area contributed by atoms with Crippen LogP contribution in [-0.4, -0.2) is 73.4 Å². The third-order valence-electron chi connectivity index (χ3n) is 5.47. The van der Waals surface area contributed by atoms with Crippen LogP contribution in [0.25, 0.3) is 11.2 Å². The largest absolute Gasteiger partial charge is 0.460 e. The highest BCUT2D eigenvalue weighted by atomic mass is 32.2. The van der Waals surface area contributed by atoms with Crippen molar-refractivity contribution in [2.24, 2.45) is 0 Å². The minimum atomic E-state index is -1.98. The number of rotatable bonds is 9. The van der Waals surface area contributed by atoms with Crippen molar-refractivity contribution in [3.8, 4) is 0 Å². The number of nitrogens with one attached hydrogen (secondary N) is 2. The molecule has 0 aliphatic carbocycles. The van der Waals surface area contributed by atoms with E-state index >= 15 is 4.39 Å². The number of amides is 1. The molecule has 2 aromatic rings. The van der Waals surface area contributed by atoms with Gasteiger partial charge in [-0.2, -0.15) is 16.7 Å². The maximum Gasteiger partial charge on any atom is 0.332 e. The van der Waals surface area contributed by atoms with Crippen LogP contribution >= 0.6 is 11.8 Å². The standard InChI is InChI=1S/C21H28FN5O8S/c1-6-12(33-10(3)29)15-13(22)16(34-11(4)30)19(35-15)27-17-14(26(21(27)32)7-8-36-5)18(31)25-20(24-17)23-9(2)28/h12-13,15-16,19H,6-8H2,1-5H3,(H2,23,24,25,28,31)/t12?,13-,15+,16+,19+/m0/s1. The molecule has 0 bridgehead atoms. The minimum Gasteiger partial charge on any atom is -0.460 e. The molecule has 1 saturated heterocycles. The fourth-order valence-corrected chi connectivity index (χ4v) is 4.46. The van der Waals surface area contributed by atoms with E-state index in [0.29, 0.717) is 5.75 Å². The summed E-state index contributed by atoms with van der Waals surface area (Å²) in [6.07, 6.45) is -5.54. The number of esters is 2. The molecule has 15 heteroatoms. The molecule has 2 aromatic heterocycles. The van der Waals surface area contributed by atoms with Gasteiger partial charge in [-0.05, 0) is 12.7 Å². The molecule has 1 amide bonds. The Kier molecular flexibility index (Phi) is 8.55. The zero-order valence-corrected chi connectivity index (χ0v) is 21.2. The van der Waals surface area contributed by atoms with E-state index in [4.69, 9.17) is 14.2 Å². The number of ether oxygens (including phenoxy) is 3. The zero-order chi connectivity index (χ0) is 26.7. The Morgan fingerprint density at radius 1 is 1.25 bits per heavy atom. The number of halogens is 1. The monoisotopic (exact) mass is 529 g/mol. The van der Waals surface area contributed by atoms with Crippen LogP contribution in [0, 0.1) is 0 Å². The summed E-state index contributed by atoms with van der Waals surface area (Å²) >= 11 is 1.43. The Hall–Kier alpha value is -3.20. The number of imidazole rings is 1. The number of anilines is 1. The molecular formula is C21H28FN5O8S. The van der Waals surface area contributed by atoms with E-state index in [1.54, 1.807) is 6.92 Å². The van der Waals surface area contributed by atoms with Gasteiger partial charge in [0.1, 0.15) is 12.2 Å². The lowest BCUT2D eigenvalue weighted by Crippen LogP contribution is -2.40. The topological polar surface area (TPSA) is 164 Å². The molecule has 3 heterocycles. The van der Waals surface area contributed by atoms with E-state index in [1.165, 1.54) is 18.7 Å². The van der Waals surface area contributed by atoms with Gasteiger partial charge in [0, 0.05) is 33.1 Å². The number of fused-ring (bicyclic) bond motifs is 1. The van der Waals surface area contributed by atoms with Gasteiger partial charge in [-0.1, -0.05) is 6.92 Å². The summed E-state index contributed by atoms with van der Waals surface area (Å²) in [5.41, 5.74) is -1.81. The number of hydrogen-bond acceptors (Lipinski definition) is 10. The molecule has 1 fully saturated rings. The zero-order valence-electron chi connectivity index (χ0n) is 20.4. The fourth-order valence-electron chi connectivity index (χ4n) is 4.10. The van der Waals surface area contributed by atoms with Gasteiger partial charge in [0.05, 0.1) is 0 Å². The maximum atomic E-state index is 15.6. The molecule has 198 valence electrons. The lowest BCUT2D eigenvalue weighted by Gasteiger charge is -2.23. The lowest BCUT2D eigenvalue weighted by atomic mass is 10.0. The third-order valence-corrected chi connectivity index (χ3v) is 6.06. The fraction of sp³-hybridized carbons (Fsp3) is 0.619. The molecule has 1 aliphatic heterocycles. The first-order valence-electron chi connectivity index (χ1n) is 11.2. The van der Waals surface area contributed by atoms with Crippen LogP contribution in [0.3, 0.4) is 0 Å². The van der Waals surface area contributed by atoms with Crippen LogP contribution in [0.15, 0.2) is 9.59 Å². The minimum absolute atomic E-state index is 0.117. The number of aryl methyl sites for hydroxylation is 1. The van der Waals surface area contributed by atoms with Crippen molar-refractivity contribution in [3.63, 3.8) is 0 Å². The summed E-state index contributed by atoms with van der Waals surface area (Å²) in [5, 5.41) is 2.35. The molecule has 0 saturated carbocycles. The van der Waals surface area contributed by atoms with Crippen molar-refractivity contribution in [1.29, 1.82) is 0 Å². The number of aromatic amines is 1. The quantitative estimate of drug-likeness (QED) is 0.442. The average molecular weight is 530 g/mol. The van der Waals surface area contributed by atoms with E-state index in [9.17, 15) is 24.0 Å². The molecule has 3 rings (SSSR count). The number of aromatic nitrogens is 4. The van der Waals surface area contributed by atoms with Gasteiger partial charge in [-0.25, -0.2) is 13.8 Å². The predicted octanol–water partition coefficient (Wildman–Crippen LogP) is 0.717. The average Bonchev–Trinajstić information content (AvgIpc) is 3.23. The third kappa shape index (κ3) is 5.46. The Bertz CT molecular complexity index is 1270. The molecule has 1 unspecified atom stereocenters. The van der Waals surface area contributed by atoms with Crippen LogP contribution in [0.4, 0.5) is 10.3 Å². The predicted molar refractivity (Wildman–Crippen MR) is 128 cm³/mol. The first-order valence-corrected chi connectivity index (χ1v) is 12.5. The SMILES string of the molecule is CCC(OC(C)=O)[C@H]1O[C@@H](n2c(=O)n(CCSC)c3c(=O)[nH]c(NC(C)=O)nc32)[C@H](OC(C)=O)[C@H]1F. The van der Waals surface area contributed by atoms with Crippen LogP contribution in [0.2, 0.25) is 0 Å². The normalized spacial score (nSPS) is 22.4. The summed E-state index contributed by atoms with van der Waals surface area (Å²) < 4.78 is 34.0. The highest BCUT2D eigenvalue weighted by Crippen LogP contribution is 2.37.